The highest BCUT2D eigenvalue weighted by molar-refractivity contribution is 7.17. The summed E-state index contributed by atoms with van der Waals surface area (Å²) >= 11 is 1.81. The zero-order valence-electron chi connectivity index (χ0n) is 14.2. The van der Waals surface area contributed by atoms with Crippen molar-refractivity contribution < 1.29 is 4.79 Å². The highest BCUT2D eigenvalue weighted by Crippen LogP contribution is 2.27. The minimum absolute atomic E-state index is 0.358. The normalized spacial score (nSPS) is 21.8. The topological polar surface area (TPSA) is 23.6 Å². The van der Waals surface area contributed by atoms with Gasteiger partial charge in [0.25, 0.3) is 0 Å². The summed E-state index contributed by atoms with van der Waals surface area (Å²) in [6, 6.07) is 9.20. The molecule has 1 aromatic carbocycles. The van der Waals surface area contributed by atoms with Crippen LogP contribution in [0.3, 0.4) is 0 Å². The Morgan fingerprint density at radius 1 is 1.17 bits per heavy atom. The molecule has 4 rings (SSSR count). The molecule has 1 unspecified atom stereocenters. The summed E-state index contributed by atoms with van der Waals surface area (Å²) in [5.41, 5.74) is 1.40. The van der Waals surface area contributed by atoms with E-state index in [9.17, 15) is 4.79 Å². The molecule has 0 N–H and O–H groups in total. The third-order valence-corrected chi connectivity index (χ3v) is 6.58. The number of rotatable bonds is 5. The van der Waals surface area contributed by atoms with Crippen LogP contribution in [0.2, 0.25) is 0 Å². The van der Waals surface area contributed by atoms with Crippen molar-refractivity contribution in [2.24, 2.45) is 0 Å². The van der Waals surface area contributed by atoms with Gasteiger partial charge in [0.15, 0.2) is 0 Å². The monoisotopic (exact) mass is 342 g/mol. The van der Waals surface area contributed by atoms with E-state index in [1.165, 1.54) is 48.0 Å². The zero-order chi connectivity index (χ0) is 16.4. The Morgan fingerprint density at radius 3 is 2.88 bits per heavy atom. The fraction of sp³-hybridized carbons (Fsp3) is 0.550. The lowest BCUT2D eigenvalue weighted by Crippen LogP contribution is -2.37. The van der Waals surface area contributed by atoms with Crippen LogP contribution in [0.15, 0.2) is 29.6 Å². The van der Waals surface area contributed by atoms with Gasteiger partial charge in [0.05, 0.1) is 0 Å². The lowest BCUT2D eigenvalue weighted by Gasteiger charge is -2.23. The predicted molar refractivity (Wildman–Crippen MR) is 101 cm³/mol. The molecule has 128 valence electrons. The number of hydrogen-bond acceptors (Lipinski definition) is 3. The first-order chi connectivity index (χ1) is 11.8. The van der Waals surface area contributed by atoms with Crippen molar-refractivity contribution in [2.45, 2.75) is 44.6 Å². The summed E-state index contributed by atoms with van der Waals surface area (Å²) in [5, 5.41) is 3.62. The van der Waals surface area contributed by atoms with E-state index in [0.717, 1.165) is 25.9 Å². The van der Waals surface area contributed by atoms with E-state index in [-0.39, 0.29) is 0 Å². The van der Waals surface area contributed by atoms with Crippen LogP contribution in [0.25, 0.3) is 10.1 Å². The van der Waals surface area contributed by atoms with Crippen LogP contribution in [-0.2, 0) is 11.2 Å². The number of carbonyl (C=O) groups is 1. The average Bonchev–Trinajstić information content (AvgIpc) is 3.35. The van der Waals surface area contributed by atoms with Gasteiger partial charge in [-0.05, 0) is 67.6 Å². The molecular weight excluding hydrogens is 316 g/mol. The number of thiophene rings is 1. The lowest BCUT2D eigenvalue weighted by atomic mass is 10.1. The standard InChI is InChI=1S/C20H26N2OS/c23-20(22-13-10-17(14-22)21-11-3-4-12-21)9-5-6-16-15-24-19-8-2-1-7-18(16)19/h1-2,7-8,15,17H,3-6,9-14H2. The second-order valence-corrected chi connectivity index (χ2v) is 8.05. The van der Waals surface area contributed by atoms with Gasteiger partial charge in [-0.2, -0.15) is 0 Å². The maximum absolute atomic E-state index is 12.5. The van der Waals surface area contributed by atoms with E-state index in [4.69, 9.17) is 0 Å². The molecule has 1 amide bonds. The summed E-state index contributed by atoms with van der Waals surface area (Å²) in [6.07, 6.45) is 6.50. The van der Waals surface area contributed by atoms with E-state index in [0.29, 0.717) is 18.4 Å². The van der Waals surface area contributed by atoms with E-state index in [1.807, 2.05) is 11.3 Å². The number of hydrogen-bond donors (Lipinski definition) is 0. The van der Waals surface area contributed by atoms with Crippen molar-refractivity contribution in [1.82, 2.24) is 9.80 Å². The number of amides is 1. The summed E-state index contributed by atoms with van der Waals surface area (Å²) in [4.78, 5) is 17.2. The van der Waals surface area contributed by atoms with E-state index >= 15 is 0 Å². The molecule has 0 spiro atoms. The molecule has 2 saturated heterocycles. The number of benzene rings is 1. The highest BCUT2D eigenvalue weighted by atomic mass is 32.1. The molecule has 1 atom stereocenters. The van der Waals surface area contributed by atoms with Gasteiger partial charge < -0.3 is 4.90 Å². The van der Waals surface area contributed by atoms with Crippen LogP contribution in [0.4, 0.5) is 0 Å². The summed E-state index contributed by atoms with van der Waals surface area (Å²) in [7, 11) is 0. The van der Waals surface area contributed by atoms with Crippen LogP contribution in [0.5, 0.6) is 0 Å². The van der Waals surface area contributed by atoms with Crippen molar-refractivity contribution in [3.8, 4) is 0 Å². The molecular formula is C20H26N2OS. The molecule has 0 aliphatic carbocycles. The molecule has 2 aliphatic rings. The van der Waals surface area contributed by atoms with E-state index < -0.39 is 0 Å². The molecule has 0 saturated carbocycles. The van der Waals surface area contributed by atoms with Crippen molar-refractivity contribution in [2.75, 3.05) is 26.2 Å². The number of carbonyl (C=O) groups excluding carboxylic acids is 1. The van der Waals surface area contributed by atoms with Gasteiger partial charge in [0.2, 0.25) is 5.91 Å². The Balaban J connectivity index is 1.26. The lowest BCUT2D eigenvalue weighted by molar-refractivity contribution is -0.130. The molecule has 3 heterocycles. The van der Waals surface area contributed by atoms with Crippen LogP contribution in [0.1, 0.15) is 37.7 Å². The number of nitrogens with zero attached hydrogens (tertiary/aromatic N) is 2. The van der Waals surface area contributed by atoms with Gasteiger partial charge in [-0.3, -0.25) is 9.69 Å². The smallest absolute Gasteiger partial charge is 0.222 e. The fourth-order valence-corrected chi connectivity index (χ4v) is 5.18. The zero-order valence-corrected chi connectivity index (χ0v) is 15.1. The van der Waals surface area contributed by atoms with Gasteiger partial charge in [-0.15, -0.1) is 11.3 Å². The molecule has 2 aliphatic heterocycles. The SMILES string of the molecule is O=C(CCCc1csc2ccccc12)N1CCC(N2CCCC2)C1. The largest absolute Gasteiger partial charge is 0.341 e. The Morgan fingerprint density at radius 2 is 2.00 bits per heavy atom. The second-order valence-electron chi connectivity index (χ2n) is 7.14. The minimum atomic E-state index is 0.358. The van der Waals surface area contributed by atoms with E-state index in [1.54, 1.807) is 0 Å². The predicted octanol–water partition coefficient (Wildman–Crippen LogP) is 3.92. The van der Waals surface area contributed by atoms with E-state index in [2.05, 4.69) is 39.4 Å². The Labute approximate surface area is 148 Å². The van der Waals surface area contributed by atoms with Crippen LogP contribution in [-0.4, -0.2) is 47.9 Å². The maximum Gasteiger partial charge on any atom is 0.222 e. The van der Waals surface area contributed by atoms with Gasteiger partial charge >= 0.3 is 0 Å². The quantitative estimate of drug-likeness (QED) is 0.822. The van der Waals surface area contributed by atoms with Crippen LogP contribution < -0.4 is 0 Å². The molecule has 3 nitrogen and oxygen atoms in total. The first kappa shape index (κ1) is 16.1. The number of fused-ring (bicyclic) bond motifs is 1. The summed E-state index contributed by atoms with van der Waals surface area (Å²) < 4.78 is 1.35. The van der Waals surface area contributed by atoms with Crippen molar-refractivity contribution in [1.29, 1.82) is 0 Å². The highest BCUT2D eigenvalue weighted by Gasteiger charge is 2.31. The van der Waals surface area contributed by atoms with Gasteiger partial charge in [0.1, 0.15) is 0 Å². The fourth-order valence-electron chi connectivity index (χ4n) is 4.19. The Bertz CT molecular complexity index is 704. The minimum Gasteiger partial charge on any atom is -0.341 e. The molecule has 1 aromatic heterocycles. The molecule has 0 radical (unpaired) electrons. The van der Waals surface area contributed by atoms with Gasteiger partial charge in [-0.25, -0.2) is 0 Å². The van der Waals surface area contributed by atoms with Crippen LogP contribution in [0, 0.1) is 0 Å². The average molecular weight is 343 g/mol. The molecule has 4 heteroatoms. The van der Waals surface area contributed by atoms with Gasteiger partial charge in [-0.1, -0.05) is 18.2 Å². The molecule has 24 heavy (non-hydrogen) atoms. The summed E-state index contributed by atoms with van der Waals surface area (Å²) in [5.74, 6) is 0.358. The molecule has 0 bridgehead atoms. The van der Waals surface area contributed by atoms with Crippen molar-refractivity contribution in [3.63, 3.8) is 0 Å². The van der Waals surface area contributed by atoms with Crippen molar-refractivity contribution >= 4 is 27.3 Å². The third-order valence-electron chi connectivity index (χ3n) is 5.57. The summed E-state index contributed by atoms with van der Waals surface area (Å²) in [6.45, 7) is 4.39. The molecule has 2 aromatic rings. The number of likely N-dealkylation sites (tertiary alicyclic amines) is 2. The Hall–Kier alpha value is -1.39. The van der Waals surface area contributed by atoms with Gasteiger partial charge in [0, 0.05) is 30.3 Å². The Kier molecular flexibility index (Phi) is 4.86. The first-order valence-electron chi connectivity index (χ1n) is 9.28. The third kappa shape index (κ3) is 3.35. The number of aryl methyl sites for hydroxylation is 1. The van der Waals surface area contributed by atoms with Crippen LogP contribution >= 0.6 is 11.3 Å². The first-order valence-corrected chi connectivity index (χ1v) is 10.2. The van der Waals surface area contributed by atoms with Crippen molar-refractivity contribution in [3.05, 3.63) is 35.2 Å². The molecule has 2 fully saturated rings. The maximum atomic E-state index is 12.5. The second kappa shape index (κ2) is 7.24.